The fourth-order valence-electron chi connectivity index (χ4n) is 3.28. The number of anilines is 1. The van der Waals surface area contributed by atoms with Gasteiger partial charge in [0.05, 0.1) is 0 Å². The van der Waals surface area contributed by atoms with Gasteiger partial charge in [-0.1, -0.05) is 24.6 Å². The second kappa shape index (κ2) is 5.31. The van der Waals surface area contributed by atoms with Crippen molar-refractivity contribution in [3.05, 3.63) is 29.3 Å². The molecule has 2 heteroatoms. The smallest absolute Gasteiger partial charge is 0.0432 e. The summed E-state index contributed by atoms with van der Waals surface area (Å²) in [5.41, 5.74) is 10.3. The molecule has 1 saturated carbocycles. The van der Waals surface area contributed by atoms with Gasteiger partial charge >= 0.3 is 0 Å². The highest BCUT2D eigenvalue weighted by atomic mass is 15.2. The van der Waals surface area contributed by atoms with Crippen LogP contribution >= 0.6 is 0 Å². The van der Waals surface area contributed by atoms with Crippen LogP contribution in [0.1, 0.15) is 36.8 Å². The van der Waals surface area contributed by atoms with E-state index < -0.39 is 0 Å². The minimum Gasteiger partial charge on any atom is -0.370 e. The van der Waals surface area contributed by atoms with Crippen molar-refractivity contribution in [1.82, 2.24) is 0 Å². The van der Waals surface area contributed by atoms with Crippen LogP contribution in [0.25, 0.3) is 0 Å². The van der Waals surface area contributed by atoms with Crippen molar-refractivity contribution >= 4 is 5.69 Å². The van der Waals surface area contributed by atoms with E-state index in [9.17, 15) is 0 Å². The minimum atomic E-state index is 0.798. The molecular formula is C16H24N2. The van der Waals surface area contributed by atoms with Crippen molar-refractivity contribution in [2.45, 2.75) is 38.5 Å². The summed E-state index contributed by atoms with van der Waals surface area (Å²) in [6.07, 6.45) is 7.81. The Labute approximate surface area is 110 Å². The van der Waals surface area contributed by atoms with Gasteiger partial charge in [-0.15, -0.1) is 0 Å². The second-order valence-electron chi connectivity index (χ2n) is 5.81. The molecule has 1 aromatic carbocycles. The van der Waals surface area contributed by atoms with Crippen LogP contribution in [-0.4, -0.2) is 19.6 Å². The van der Waals surface area contributed by atoms with Crippen LogP contribution in [0.3, 0.4) is 0 Å². The van der Waals surface area contributed by atoms with Crippen LogP contribution in [-0.2, 0) is 12.8 Å². The minimum absolute atomic E-state index is 0.798. The molecule has 18 heavy (non-hydrogen) atoms. The summed E-state index contributed by atoms with van der Waals surface area (Å²) in [6, 6.07) is 6.83. The SMILES string of the molecule is NCCCc1cccc2c1N(CC1CCC1)CC2. The standard InChI is InChI=1S/C16H24N2/c17-10-3-8-14-6-2-7-15-9-11-18(16(14)15)12-13-4-1-5-13/h2,6-7,13H,1,3-5,8-12,17H2. The lowest BCUT2D eigenvalue weighted by Crippen LogP contribution is -2.31. The number of nitrogens with two attached hydrogens (primary N) is 1. The second-order valence-corrected chi connectivity index (χ2v) is 5.81. The molecule has 0 saturated heterocycles. The molecule has 2 N–H and O–H groups in total. The van der Waals surface area contributed by atoms with E-state index in [-0.39, 0.29) is 0 Å². The van der Waals surface area contributed by atoms with Gasteiger partial charge in [0.15, 0.2) is 0 Å². The van der Waals surface area contributed by atoms with Gasteiger partial charge in [-0.25, -0.2) is 0 Å². The van der Waals surface area contributed by atoms with Crippen molar-refractivity contribution in [1.29, 1.82) is 0 Å². The highest BCUT2D eigenvalue weighted by molar-refractivity contribution is 5.63. The third kappa shape index (κ3) is 2.26. The van der Waals surface area contributed by atoms with Crippen molar-refractivity contribution in [2.24, 2.45) is 11.7 Å². The van der Waals surface area contributed by atoms with Crippen molar-refractivity contribution in [3.8, 4) is 0 Å². The number of para-hydroxylation sites is 1. The van der Waals surface area contributed by atoms with Crippen LogP contribution in [0.2, 0.25) is 0 Å². The van der Waals surface area contributed by atoms with Gasteiger partial charge < -0.3 is 10.6 Å². The zero-order valence-electron chi connectivity index (χ0n) is 11.2. The predicted molar refractivity (Wildman–Crippen MR) is 77.1 cm³/mol. The zero-order valence-corrected chi connectivity index (χ0v) is 11.2. The van der Waals surface area contributed by atoms with Gasteiger partial charge in [0.25, 0.3) is 0 Å². The summed E-state index contributed by atoms with van der Waals surface area (Å²) in [4.78, 5) is 2.64. The largest absolute Gasteiger partial charge is 0.370 e. The maximum absolute atomic E-state index is 5.65. The normalized spacial score (nSPS) is 18.8. The van der Waals surface area contributed by atoms with Crippen LogP contribution in [0.5, 0.6) is 0 Å². The third-order valence-electron chi connectivity index (χ3n) is 4.52. The van der Waals surface area contributed by atoms with E-state index in [0.29, 0.717) is 0 Å². The summed E-state index contributed by atoms with van der Waals surface area (Å²) in [7, 11) is 0. The molecule has 1 aliphatic carbocycles. The first-order chi connectivity index (χ1) is 8.88. The number of fused-ring (bicyclic) bond motifs is 1. The molecule has 98 valence electrons. The van der Waals surface area contributed by atoms with Gasteiger partial charge in [-0.3, -0.25) is 0 Å². The molecule has 0 atom stereocenters. The van der Waals surface area contributed by atoms with Gasteiger partial charge in [-0.2, -0.15) is 0 Å². The molecule has 0 aromatic heterocycles. The Morgan fingerprint density at radius 3 is 2.89 bits per heavy atom. The summed E-state index contributed by atoms with van der Waals surface area (Å²) in [6.45, 7) is 3.31. The van der Waals surface area contributed by atoms with E-state index in [4.69, 9.17) is 5.73 Å². The van der Waals surface area contributed by atoms with E-state index >= 15 is 0 Å². The Bertz CT molecular complexity index is 410. The fourth-order valence-corrected chi connectivity index (χ4v) is 3.28. The summed E-state index contributed by atoms with van der Waals surface area (Å²) in [5.74, 6) is 0.957. The molecule has 0 radical (unpaired) electrons. The van der Waals surface area contributed by atoms with Gasteiger partial charge in [0.1, 0.15) is 0 Å². The Hall–Kier alpha value is -1.02. The number of benzene rings is 1. The number of hydrogen-bond acceptors (Lipinski definition) is 2. The van der Waals surface area contributed by atoms with Crippen LogP contribution < -0.4 is 10.6 Å². The van der Waals surface area contributed by atoms with Crippen LogP contribution in [0.4, 0.5) is 5.69 Å². The fraction of sp³-hybridized carbons (Fsp3) is 0.625. The van der Waals surface area contributed by atoms with Crippen LogP contribution in [0.15, 0.2) is 18.2 Å². The highest BCUT2D eigenvalue weighted by Crippen LogP contribution is 2.36. The van der Waals surface area contributed by atoms with Gasteiger partial charge in [0.2, 0.25) is 0 Å². The molecule has 0 amide bonds. The molecule has 1 aromatic rings. The molecule has 2 nitrogen and oxygen atoms in total. The lowest BCUT2D eigenvalue weighted by molar-refractivity contribution is 0.319. The molecular weight excluding hydrogens is 220 g/mol. The van der Waals surface area contributed by atoms with E-state index in [1.807, 2.05) is 0 Å². The maximum Gasteiger partial charge on any atom is 0.0432 e. The molecule has 0 spiro atoms. The van der Waals surface area contributed by atoms with Crippen LogP contribution in [0, 0.1) is 5.92 Å². The highest BCUT2D eigenvalue weighted by Gasteiger charge is 2.26. The van der Waals surface area contributed by atoms with E-state index in [1.54, 1.807) is 11.3 Å². The average molecular weight is 244 g/mol. The topological polar surface area (TPSA) is 29.3 Å². The number of nitrogens with zero attached hydrogens (tertiary/aromatic N) is 1. The Morgan fingerprint density at radius 2 is 2.17 bits per heavy atom. The number of hydrogen-bond donors (Lipinski definition) is 1. The Kier molecular flexibility index (Phi) is 3.55. The summed E-state index contributed by atoms with van der Waals surface area (Å²) >= 11 is 0. The lowest BCUT2D eigenvalue weighted by Gasteiger charge is -2.32. The van der Waals surface area contributed by atoms with Crippen molar-refractivity contribution in [2.75, 3.05) is 24.5 Å². The molecule has 1 fully saturated rings. The Morgan fingerprint density at radius 1 is 1.28 bits per heavy atom. The number of rotatable bonds is 5. The Balaban J connectivity index is 1.78. The first-order valence-corrected chi connectivity index (χ1v) is 7.44. The average Bonchev–Trinajstić information content (AvgIpc) is 2.75. The molecule has 1 aliphatic heterocycles. The van der Waals surface area contributed by atoms with Crippen molar-refractivity contribution in [3.63, 3.8) is 0 Å². The first-order valence-electron chi connectivity index (χ1n) is 7.44. The number of aryl methyl sites for hydroxylation is 1. The maximum atomic E-state index is 5.65. The predicted octanol–water partition coefficient (Wildman–Crippen LogP) is 2.74. The quantitative estimate of drug-likeness (QED) is 0.863. The van der Waals surface area contributed by atoms with E-state index in [0.717, 1.165) is 25.3 Å². The van der Waals surface area contributed by atoms with E-state index in [2.05, 4.69) is 23.1 Å². The third-order valence-corrected chi connectivity index (χ3v) is 4.52. The summed E-state index contributed by atoms with van der Waals surface area (Å²) < 4.78 is 0. The molecule has 2 aliphatic rings. The molecule has 3 rings (SSSR count). The first kappa shape index (κ1) is 12.0. The van der Waals surface area contributed by atoms with Crippen molar-refractivity contribution < 1.29 is 0 Å². The van der Waals surface area contributed by atoms with Gasteiger partial charge in [0, 0.05) is 18.8 Å². The molecule has 1 heterocycles. The molecule has 0 unspecified atom stereocenters. The molecule has 0 bridgehead atoms. The summed E-state index contributed by atoms with van der Waals surface area (Å²) in [5, 5.41) is 0. The zero-order chi connectivity index (χ0) is 12.4. The monoisotopic (exact) mass is 244 g/mol. The van der Waals surface area contributed by atoms with E-state index in [1.165, 1.54) is 44.3 Å². The van der Waals surface area contributed by atoms with Gasteiger partial charge in [-0.05, 0) is 55.7 Å². The lowest BCUT2D eigenvalue weighted by atomic mass is 9.85.